The van der Waals surface area contributed by atoms with Crippen LogP contribution in [0.2, 0.25) is 10.0 Å². The molecule has 1 aliphatic heterocycles. The molecule has 6 atom stereocenters. The first-order valence-electron chi connectivity index (χ1n) is 9.23. The maximum absolute atomic E-state index is 12.8. The third-order valence-corrected chi connectivity index (χ3v) is 9.98. The number of carbonyl (C=O) groups is 4. The number of nitrogens with zero attached hydrogens (tertiary/aromatic N) is 1. The van der Waals surface area contributed by atoms with E-state index in [1.54, 1.807) is 18.2 Å². The molecule has 7 nitrogen and oxygen atoms in total. The topological polar surface area (TPSA) is 92.8 Å². The van der Waals surface area contributed by atoms with E-state index >= 15 is 0 Å². The highest BCUT2D eigenvalue weighted by atomic mass is 79.9. The number of imide groups is 1. The second-order valence-corrected chi connectivity index (χ2v) is 10.5. The van der Waals surface area contributed by atoms with Crippen molar-refractivity contribution in [1.82, 2.24) is 4.90 Å². The quantitative estimate of drug-likeness (QED) is 0.327. The van der Waals surface area contributed by atoms with Crippen LogP contribution in [0.3, 0.4) is 0 Å². The predicted molar refractivity (Wildman–Crippen MR) is 117 cm³/mol. The van der Waals surface area contributed by atoms with Gasteiger partial charge in [0.05, 0.1) is 27.6 Å². The minimum atomic E-state index is -0.831. The molecule has 2 aliphatic carbocycles. The highest BCUT2D eigenvalue weighted by molar-refractivity contribution is 9.12. The van der Waals surface area contributed by atoms with Crippen molar-refractivity contribution < 1.29 is 23.9 Å². The zero-order chi connectivity index (χ0) is 21.7. The Hall–Kier alpha value is -1.16. The van der Waals surface area contributed by atoms with Crippen LogP contribution in [0.4, 0.5) is 5.69 Å². The number of carbonyl (C=O) groups excluding carboxylic acids is 4. The molecule has 3 amide bonds. The minimum absolute atomic E-state index is 0.0649. The minimum Gasteiger partial charge on any atom is -0.454 e. The average Bonchev–Trinajstić information content (AvgIpc) is 3.31. The van der Waals surface area contributed by atoms with Crippen molar-refractivity contribution in [2.75, 3.05) is 18.5 Å². The van der Waals surface area contributed by atoms with Gasteiger partial charge in [-0.15, -0.1) is 0 Å². The lowest BCUT2D eigenvalue weighted by Gasteiger charge is -2.28. The molecule has 2 saturated carbocycles. The van der Waals surface area contributed by atoms with Crippen LogP contribution in [-0.2, 0) is 23.9 Å². The van der Waals surface area contributed by atoms with Gasteiger partial charge in [0.2, 0.25) is 11.8 Å². The van der Waals surface area contributed by atoms with Crippen LogP contribution in [-0.4, -0.2) is 51.4 Å². The maximum atomic E-state index is 12.8. The molecule has 1 heterocycles. The number of amides is 3. The van der Waals surface area contributed by atoms with E-state index in [1.165, 1.54) is 0 Å². The van der Waals surface area contributed by atoms with Gasteiger partial charge in [-0.1, -0.05) is 61.1 Å². The van der Waals surface area contributed by atoms with Gasteiger partial charge in [0, 0.05) is 9.65 Å². The lowest BCUT2D eigenvalue weighted by molar-refractivity contribution is -0.154. The molecule has 30 heavy (non-hydrogen) atoms. The zero-order valence-electron chi connectivity index (χ0n) is 15.3. The predicted octanol–water partition coefficient (Wildman–Crippen LogP) is 3.25. The Bertz CT molecular complexity index is 913. The molecule has 0 spiro atoms. The summed E-state index contributed by atoms with van der Waals surface area (Å²) < 4.78 is 4.95. The summed E-state index contributed by atoms with van der Waals surface area (Å²) in [6, 6.07) is 4.73. The van der Waals surface area contributed by atoms with Gasteiger partial charge in [-0.3, -0.25) is 24.1 Å². The van der Waals surface area contributed by atoms with E-state index in [9.17, 15) is 19.2 Å². The van der Waals surface area contributed by atoms with Crippen LogP contribution >= 0.6 is 55.1 Å². The summed E-state index contributed by atoms with van der Waals surface area (Å²) in [5.74, 6) is -2.80. The molecule has 2 bridgehead atoms. The fourth-order valence-corrected chi connectivity index (χ4v) is 6.89. The molecule has 0 unspecified atom stereocenters. The Kier molecular flexibility index (Phi) is 6.18. The highest BCUT2D eigenvalue weighted by Crippen LogP contribution is 2.60. The second-order valence-electron chi connectivity index (χ2n) is 7.58. The first kappa shape index (κ1) is 22.0. The Labute approximate surface area is 199 Å². The van der Waals surface area contributed by atoms with Crippen molar-refractivity contribution in [3.05, 3.63) is 28.2 Å². The molecule has 0 radical (unpaired) electrons. The van der Waals surface area contributed by atoms with Gasteiger partial charge in [-0.05, 0) is 30.4 Å². The molecule has 1 aromatic carbocycles. The van der Waals surface area contributed by atoms with Gasteiger partial charge in [0.1, 0.15) is 6.54 Å². The molecule has 160 valence electrons. The van der Waals surface area contributed by atoms with Gasteiger partial charge >= 0.3 is 5.97 Å². The molecule has 3 aliphatic rings. The largest absolute Gasteiger partial charge is 0.454 e. The summed E-state index contributed by atoms with van der Waals surface area (Å²) in [4.78, 5) is 51.0. The number of halogens is 4. The maximum Gasteiger partial charge on any atom is 0.326 e. The second kappa shape index (κ2) is 8.41. The number of anilines is 1. The summed E-state index contributed by atoms with van der Waals surface area (Å²) in [6.07, 6.45) is 0.809. The van der Waals surface area contributed by atoms with E-state index in [0.717, 1.165) is 11.3 Å². The number of benzene rings is 1. The number of rotatable bonds is 5. The highest BCUT2D eigenvalue weighted by Gasteiger charge is 2.66. The van der Waals surface area contributed by atoms with Crippen LogP contribution in [0.25, 0.3) is 0 Å². The van der Waals surface area contributed by atoms with E-state index in [1.807, 2.05) is 0 Å². The molecule has 0 aromatic heterocycles. The first-order chi connectivity index (χ1) is 14.2. The molecule has 1 N–H and O–H groups in total. The fraction of sp³-hybridized carbons (Fsp3) is 0.474. The molecule has 1 aromatic rings. The number of likely N-dealkylation sites (tertiary alicyclic amines) is 1. The SMILES string of the molecule is O=C(COC(=O)CN1C(=O)[C@@H]2[C@H]3C[C@@H]([C@H](Br)[C@@H]3Br)[C@@H]2C1=O)Nc1cccc(Cl)c1Cl. The van der Waals surface area contributed by atoms with Gasteiger partial charge in [-0.2, -0.15) is 0 Å². The fourth-order valence-electron chi connectivity index (χ4n) is 4.67. The lowest BCUT2D eigenvalue weighted by atomic mass is 9.81. The van der Waals surface area contributed by atoms with E-state index in [-0.39, 0.29) is 49.0 Å². The van der Waals surface area contributed by atoms with Gasteiger partial charge in [0.25, 0.3) is 5.91 Å². The Morgan fingerprint density at radius 2 is 1.70 bits per heavy atom. The van der Waals surface area contributed by atoms with Crippen LogP contribution in [0.1, 0.15) is 6.42 Å². The Balaban J connectivity index is 1.33. The van der Waals surface area contributed by atoms with E-state index in [0.29, 0.717) is 0 Å². The average molecular weight is 583 g/mol. The number of alkyl halides is 2. The molecular formula is C19H16Br2Cl2N2O5. The van der Waals surface area contributed by atoms with Crippen molar-refractivity contribution in [1.29, 1.82) is 0 Å². The van der Waals surface area contributed by atoms with E-state index in [4.69, 9.17) is 27.9 Å². The van der Waals surface area contributed by atoms with Crippen molar-refractivity contribution >= 4 is 84.4 Å². The molecule has 11 heteroatoms. The number of fused-ring (bicyclic) bond motifs is 5. The van der Waals surface area contributed by atoms with Crippen molar-refractivity contribution in [2.45, 2.75) is 16.1 Å². The monoisotopic (exact) mass is 580 g/mol. The van der Waals surface area contributed by atoms with E-state index < -0.39 is 36.9 Å². The number of hydrogen-bond acceptors (Lipinski definition) is 5. The molecule has 1 saturated heterocycles. The van der Waals surface area contributed by atoms with Crippen LogP contribution in [0.15, 0.2) is 18.2 Å². The standard InChI is InChI=1S/C19H16Br2Cl2N2O5/c20-15-7-4-8(16(15)21)14-13(7)18(28)25(19(14)29)5-12(27)30-6-11(26)24-10-3-1-2-9(22)17(10)23/h1-3,7-8,13-16H,4-6H2,(H,24,26)/t7-,8-,13-,14+,15-,16+/m1/s1. The van der Waals surface area contributed by atoms with Gasteiger partial charge in [-0.25, -0.2) is 0 Å². The van der Waals surface area contributed by atoms with Crippen molar-refractivity contribution in [3.8, 4) is 0 Å². The van der Waals surface area contributed by atoms with Crippen molar-refractivity contribution in [3.63, 3.8) is 0 Å². The number of nitrogens with one attached hydrogen (secondary N) is 1. The van der Waals surface area contributed by atoms with Crippen LogP contribution in [0, 0.1) is 23.7 Å². The number of esters is 1. The zero-order valence-corrected chi connectivity index (χ0v) is 20.0. The van der Waals surface area contributed by atoms with Crippen LogP contribution < -0.4 is 5.32 Å². The van der Waals surface area contributed by atoms with E-state index in [2.05, 4.69) is 37.2 Å². The third-order valence-electron chi connectivity index (χ3n) is 5.96. The first-order valence-corrected chi connectivity index (χ1v) is 11.8. The molecule has 4 rings (SSSR count). The third kappa shape index (κ3) is 3.67. The molecule has 3 fully saturated rings. The Morgan fingerprint density at radius 1 is 1.10 bits per heavy atom. The van der Waals surface area contributed by atoms with Gasteiger partial charge < -0.3 is 10.1 Å². The normalized spacial score (nSPS) is 31.8. The summed E-state index contributed by atoms with van der Waals surface area (Å²) in [6.45, 7) is -1.09. The lowest BCUT2D eigenvalue weighted by Crippen LogP contribution is -2.38. The smallest absolute Gasteiger partial charge is 0.326 e. The summed E-state index contributed by atoms with van der Waals surface area (Å²) in [7, 11) is 0. The number of hydrogen-bond donors (Lipinski definition) is 1. The summed E-state index contributed by atoms with van der Waals surface area (Å²) in [5.41, 5.74) is 0.284. The Morgan fingerprint density at radius 3 is 2.30 bits per heavy atom. The molecular weight excluding hydrogens is 567 g/mol. The number of ether oxygens (including phenoxy) is 1. The summed E-state index contributed by atoms with van der Waals surface area (Å²) >= 11 is 19.1. The van der Waals surface area contributed by atoms with Crippen LogP contribution in [0.5, 0.6) is 0 Å². The van der Waals surface area contributed by atoms with Gasteiger partial charge in [0.15, 0.2) is 6.61 Å². The van der Waals surface area contributed by atoms with Crippen molar-refractivity contribution in [2.24, 2.45) is 23.7 Å². The summed E-state index contributed by atoms with van der Waals surface area (Å²) in [5, 5.41) is 2.93.